The number of nitrogens with one attached hydrogen (secondary N) is 1. The molecule has 168 valence electrons. The Morgan fingerprint density at radius 3 is 2.62 bits per heavy atom. The van der Waals surface area contributed by atoms with Gasteiger partial charge >= 0.3 is 0 Å². The Morgan fingerprint density at radius 1 is 1.16 bits per heavy atom. The number of thioether (sulfide) groups is 1. The van der Waals surface area contributed by atoms with Crippen LogP contribution in [0.3, 0.4) is 0 Å². The number of amidine groups is 1. The van der Waals surface area contributed by atoms with Gasteiger partial charge in [0.1, 0.15) is 16.7 Å². The number of anilines is 1. The number of carbonyl (C=O) groups is 2. The van der Waals surface area contributed by atoms with Crippen LogP contribution in [0.5, 0.6) is 11.5 Å². The number of methoxy groups -OCH3 is 2. The maximum Gasteiger partial charge on any atom is 0.242 e. The van der Waals surface area contributed by atoms with Gasteiger partial charge < -0.3 is 14.8 Å². The summed E-state index contributed by atoms with van der Waals surface area (Å²) in [7, 11) is 3.10. The molecule has 0 radical (unpaired) electrons. The lowest BCUT2D eigenvalue weighted by Gasteiger charge is -2.16. The predicted octanol–water partition coefficient (Wildman–Crippen LogP) is 4.44. The number of rotatable bonds is 7. The smallest absolute Gasteiger partial charge is 0.242 e. The lowest BCUT2D eigenvalue weighted by Crippen LogP contribution is -2.35. The molecule has 1 saturated carbocycles. The molecule has 2 amide bonds. The van der Waals surface area contributed by atoms with Crippen LogP contribution in [0, 0.1) is 13.8 Å². The molecule has 8 heteroatoms. The van der Waals surface area contributed by atoms with Gasteiger partial charge in [-0.1, -0.05) is 23.9 Å². The Labute approximate surface area is 192 Å². The summed E-state index contributed by atoms with van der Waals surface area (Å²) in [5.41, 5.74) is 3.57. The number of amides is 2. The first-order valence-corrected chi connectivity index (χ1v) is 11.4. The zero-order chi connectivity index (χ0) is 22.8. The zero-order valence-electron chi connectivity index (χ0n) is 18.7. The summed E-state index contributed by atoms with van der Waals surface area (Å²) >= 11 is 1.37. The van der Waals surface area contributed by atoms with Crippen molar-refractivity contribution in [2.75, 3.05) is 19.5 Å². The van der Waals surface area contributed by atoms with Gasteiger partial charge in [-0.15, -0.1) is 0 Å². The van der Waals surface area contributed by atoms with E-state index in [1.807, 2.05) is 32.0 Å². The monoisotopic (exact) mass is 453 g/mol. The van der Waals surface area contributed by atoms with Crippen LogP contribution in [0.4, 0.5) is 11.4 Å². The summed E-state index contributed by atoms with van der Waals surface area (Å²) in [5.74, 6) is 0.843. The summed E-state index contributed by atoms with van der Waals surface area (Å²) in [4.78, 5) is 32.5. The van der Waals surface area contributed by atoms with Gasteiger partial charge in [-0.05, 0) is 56.0 Å². The minimum Gasteiger partial charge on any atom is -0.497 e. The summed E-state index contributed by atoms with van der Waals surface area (Å²) in [6, 6.07) is 11.5. The van der Waals surface area contributed by atoms with Crippen molar-refractivity contribution in [2.45, 2.75) is 44.4 Å². The van der Waals surface area contributed by atoms with Gasteiger partial charge in [0.2, 0.25) is 11.8 Å². The van der Waals surface area contributed by atoms with Crippen molar-refractivity contribution >= 4 is 40.1 Å². The molecule has 1 unspecified atom stereocenters. The van der Waals surface area contributed by atoms with E-state index in [1.165, 1.54) is 18.9 Å². The molecular formula is C24H27N3O4S. The van der Waals surface area contributed by atoms with Gasteiger partial charge in [0.25, 0.3) is 0 Å². The van der Waals surface area contributed by atoms with Crippen molar-refractivity contribution in [2.24, 2.45) is 4.99 Å². The second-order valence-corrected chi connectivity index (χ2v) is 9.22. The molecule has 4 rings (SSSR count). The van der Waals surface area contributed by atoms with Gasteiger partial charge in [0, 0.05) is 18.5 Å². The molecule has 1 aliphatic heterocycles. The average molecular weight is 454 g/mol. The van der Waals surface area contributed by atoms with Crippen LogP contribution in [-0.2, 0) is 9.59 Å². The quantitative estimate of drug-likeness (QED) is 0.670. The number of hydrogen-bond donors (Lipinski definition) is 1. The van der Waals surface area contributed by atoms with Crippen LogP contribution in [0.15, 0.2) is 41.4 Å². The lowest BCUT2D eigenvalue weighted by molar-refractivity contribution is -0.128. The number of benzene rings is 2. The maximum absolute atomic E-state index is 13.1. The van der Waals surface area contributed by atoms with Crippen molar-refractivity contribution in [3.05, 3.63) is 47.5 Å². The van der Waals surface area contributed by atoms with E-state index in [4.69, 9.17) is 14.5 Å². The Morgan fingerprint density at radius 2 is 1.94 bits per heavy atom. The largest absolute Gasteiger partial charge is 0.497 e. The highest BCUT2D eigenvalue weighted by molar-refractivity contribution is 8.15. The molecule has 2 aromatic carbocycles. The van der Waals surface area contributed by atoms with Crippen molar-refractivity contribution in [3.63, 3.8) is 0 Å². The van der Waals surface area contributed by atoms with Crippen LogP contribution in [0.1, 0.15) is 30.4 Å². The molecular weight excluding hydrogens is 426 g/mol. The number of nitrogens with zero attached hydrogens (tertiary/aromatic N) is 2. The molecule has 2 fully saturated rings. The molecule has 0 aromatic heterocycles. The van der Waals surface area contributed by atoms with Crippen LogP contribution >= 0.6 is 11.8 Å². The molecule has 32 heavy (non-hydrogen) atoms. The van der Waals surface area contributed by atoms with E-state index >= 15 is 0 Å². The maximum atomic E-state index is 13.1. The standard InChI is InChI=1S/C24H27N3O4S/c1-14-5-6-15(2)19(11-14)26-24-27(16-7-8-16)23(29)21(32-24)13-22(28)25-18-10-9-17(30-3)12-20(18)31-4/h5-6,9-12,16,21H,7-8,13H2,1-4H3,(H,25,28). The second-order valence-electron chi connectivity index (χ2n) is 8.05. The molecule has 2 aliphatic rings. The third kappa shape index (κ3) is 4.75. The fourth-order valence-corrected chi connectivity index (χ4v) is 4.78. The Bertz CT molecular complexity index is 1080. The molecule has 7 nitrogen and oxygen atoms in total. The molecule has 2 aromatic rings. The van der Waals surface area contributed by atoms with Gasteiger partial charge in [0.15, 0.2) is 5.17 Å². The fraction of sp³-hybridized carbons (Fsp3) is 0.375. The highest BCUT2D eigenvalue weighted by Crippen LogP contribution is 2.40. The SMILES string of the molecule is COc1ccc(NC(=O)CC2SC(=Nc3cc(C)ccc3C)N(C3CC3)C2=O)c(OC)c1. The Kier molecular flexibility index (Phi) is 6.41. The first kappa shape index (κ1) is 22.2. The first-order chi connectivity index (χ1) is 15.4. The fourth-order valence-electron chi connectivity index (χ4n) is 3.58. The normalized spacial score (nSPS) is 19.4. The third-order valence-corrected chi connectivity index (χ3v) is 6.66. The molecule has 0 bridgehead atoms. The van der Waals surface area contributed by atoms with E-state index in [-0.39, 0.29) is 24.3 Å². The van der Waals surface area contributed by atoms with Gasteiger partial charge in [-0.3, -0.25) is 14.5 Å². The van der Waals surface area contributed by atoms with Gasteiger partial charge in [-0.25, -0.2) is 4.99 Å². The van der Waals surface area contributed by atoms with Gasteiger partial charge in [0.05, 0.1) is 25.6 Å². The highest BCUT2D eigenvalue weighted by atomic mass is 32.2. The van der Waals surface area contributed by atoms with Crippen LogP contribution < -0.4 is 14.8 Å². The number of carbonyl (C=O) groups excluding carboxylic acids is 2. The number of ether oxygens (including phenoxy) is 2. The summed E-state index contributed by atoms with van der Waals surface area (Å²) in [6.07, 6.45) is 2.01. The predicted molar refractivity (Wildman–Crippen MR) is 127 cm³/mol. The summed E-state index contributed by atoms with van der Waals surface area (Å²) in [5, 5.41) is 3.05. The third-order valence-electron chi connectivity index (χ3n) is 5.51. The van der Waals surface area contributed by atoms with Crippen molar-refractivity contribution in [1.29, 1.82) is 0 Å². The van der Waals surface area contributed by atoms with Crippen molar-refractivity contribution in [3.8, 4) is 11.5 Å². The molecule has 0 spiro atoms. The lowest BCUT2D eigenvalue weighted by atomic mass is 10.1. The molecule has 1 atom stereocenters. The minimum atomic E-state index is -0.497. The van der Waals surface area contributed by atoms with Gasteiger partial charge in [-0.2, -0.15) is 0 Å². The topological polar surface area (TPSA) is 80.2 Å². The molecule has 1 heterocycles. The van der Waals surface area contributed by atoms with E-state index < -0.39 is 5.25 Å². The van der Waals surface area contributed by atoms with E-state index in [9.17, 15) is 9.59 Å². The molecule has 1 saturated heterocycles. The number of aliphatic imine (C=N–C) groups is 1. The van der Waals surface area contributed by atoms with Crippen LogP contribution in [0.2, 0.25) is 0 Å². The highest BCUT2D eigenvalue weighted by Gasteiger charge is 2.46. The van der Waals surface area contributed by atoms with Crippen LogP contribution in [-0.4, -0.2) is 47.4 Å². The van der Waals surface area contributed by atoms with Crippen molar-refractivity contribution < 1.29 is 19.1 Å². The average Bonchev–Trinajstić information content (AvgIpc) is 3.56. The van der Waals surface area contributed by atoms with E-state index in [1.54, 1.807) is 30.2 Å². The Hall–Kier alpha value is -3.00. The number of hydrogen-bond acceptors (Lipinski definition) is 6. The number of aryl methyl sites for hydroxylation is 2. The Balaban J connectivity index is 1.51. The summed E-state index contributed by atoms with van der Waals surface area (Å²) < 4.78 is 10.5. The van der Waals surface area contributed by atoms with Crippen molar-refractivity contribution in [1.82, 2.24) is 4.90 Å². The summed E-state index contributed by atoms with van der Waals surface area (Å²) in [6.45, 7) is 4.03. The second kappa shape index (κ2) is 9.24. The first-order valence-electron chi connectivity index (χ1n) is 10.6. The van der Waals surface area contributed by atoms with E-state index in [0.717, 1.165) is 29.7 Å². The van der Waals surface area contributed by atoms with E-state index in [0.29, 0.717) is 22.4 Å². The van der Waals surface area contributed by atoms with E-state index in [2.05, 4.69) is 5.32 Å². The molecule has 1 aliphatic carbocycles. The van der Waals surface area contributed by atoms with Crippen LogP contribution in [0.25, 0.3) is 0 Å². The molecule has 1 N–H and O–H groups in total. The minimum absolute atomic E-state index is 0.0431. The zero-order valence-corrected chi connectivity index (χ0v) is 19.5.